The first-order valence-corrected chi connectivity index (χ1v) is 6.96. The highest BCUT2D eigenvalue weighted by Gasteiger charge is 2.12. The Kier molecular flexibility index (Phi) is 4.67. The van der Waals surface area contributed by atoms with Crippen molar-refractivity contribution in [2.24, 2.45) is 0 Å². The number of aryl methyl sites for hydroxylation is 3. The first-order chi connectivity index (χ1) is 10.0. The Bertz CT molecular complexity index is 628. The maximum atomic E-state index is 13.5. The summed E-state index contributed by atoms with van der Waals surface area (Å²) in [5.41, 5.74) is 1.99. The Morgan fingerprint density at radius 1 is 1.33 bits per heavy atom. The molecule has 0 aliphatic rings. The summed E-state index contributed by atoms with van der Waals surface area (Å²) < 4.78 is 13.5. The van der Waals surface area contributed by atoms with Crippen molar-refractivity contribution in [3.8, 4) is 0 Å². The molecule has 1 aromatic heterocycles. The van der Waals surface area contributed by atoms with Gasteiger partial charge in [-0.05, 0) is 37.0 Å². The van der Waals surface area contributed by atoms with Gasteiger partial charge in [-0.1, -0.05) is 19.1 Å². The molecule has 0 fully saturated rings. The van der Waals surface area contributed by atoms with Crippen molar-refractivity contribution in [2.75, 3.05) is 0 Å². The highest BCUT2D eigenvalue weighted by Crippen LogP contribution is 2.14. The number of hydrogen-bond acceptors (Lipinski definition) is 3. The molecule has 0 atom stereocenters. The lowest BCUT2D eigenvalue weighted by atomic mass is 10.1. The highest BCUT2D eigenvalue weighted by molar-refractivity contribution is 5.90. The van der Waals surface area contributed by atoms with Crippen molar-refractivity contribution in [3.63, 3.8) is 0 Å². The summed E-state index contributed by atoms with van der Waals surface area (Å²) in [6, 6.07) is 3.45. The van der Waals surface area contributed by atoms with Gasteiger partial charge in [-0.3, -0.25) is 9.89 Å². The molecular formula is C15H19FN4O. The molecule has 0 bridgehead atoms. The van der Waals surface area contributed by atoms with Crippen molar-refractivity contribution in [2.45, 2.75) is 40.2 Å². The summed E-state index contributed by atoms with van der Waals surface area (Å²) >= 11 is 0. The van der Waals surface area contributed by atoms with Gasteiger partial charge < -0.3 is 5.32 Å². The SMILES string of the molecule is CCCc1nc(C(=O)NCc2cc(C)c(F)c(C)c2)n[nH]1. The molecule has 0 spiro atoms. The fourth-order valence-electron chi connectivity index (χ4n) is 2.14. The Morgan fingerprint density at radius 3 is 2.62 bits per heavy atom. The maximum Gasteiger partial charge on any atom is 0.291 e. The molecule has 2 N–H and O–H groups in total. The van der Waals surface area contributed by atoms with Crippen molar-refractivity contribution >= 4 is 5.91 Å². The molecule has 112 valence electrons. The summed E-state index contributed by atoms with van der Waals surface area (Å²) in [7, 11) is 0. The van der Waals surface area contributed by atoms with E-state index in [9.17, 15) is 9.18 Å². The largest absolute Gasteiger partial charge is 0.345 e. The average molecular weight is 290 g/mol. The molecule has 1 amide bonds. The molecule has 0 radical (unpaired) electrons. The number of amides is 1. The Morgan fingerprint density at radius 2 is 2.00 bits per heavy atom. The van der Waals surface area contributed by atoms with E-state index in [-0.39, 0.29) is 17.5 Å². The molecule has 1 heterocycles. The van der Waals surface area contributed by atoms with Crippen LogP contribution in [0.5, 0.6) is 0 Å². The number of aromatic nitrogens is 3. The van der Waals surface area contributed by atoms with Gasteiger partial charge in [-0.15, -0.1) is 5.10 Å². The van der Waals surface area contributed by atoms with Gasteiger partial charge in [0.1, 0.15) is 11.6 Å². The van der Waals surface area contributed by atoms with Crippen LogP contribution in [0.3, 0.4) is 0 Å². The van der Waals surface area contributed by atoms with Gasteiger partial charge in [0.05, 0.1) is 0 Å². The van der Waals surface area contributed by atoms with Crippen LogP contribution in [0.15, 0.2) is 12.1 Å². The number of nitrogens with one attached hydrogen (secondary N) is 2. The lowest BCUT2D eigenvalue weighted by Crippen LogP contribution is -2.24. The first-order valence-electron chi connectivity index (χ1n) is 6.96. The van der Waals surface area contributed by atoms with Crippen molar-refractivity contribution in [1.29, 1.82) is 0 Å². The average Bonchev–Trinajstić information content (AvgIpc) is 2.91. The second-order valence-corrected chi connectivity index (χ2v) is 5.08. The van der Waals surface area contributed by atoms with Crippen LogP contribution in [0.1, 0.15) is 46.5 Å². The Balaban J connectivity index is 2.00. The summed E-state index contributed by atoms with van der Waals surface area (Å²) in [4.78, 5) is 16.1. The van der Waals surface area contributed by atoms with E-state index >= 15 is 0 Å². The Labute approximate surface area is 123 Å². The number of rotatable bonds is 5. The number of benzene rings is 1. The number of carbonyl (C=O) groups excluding carboxylic acids is 1. The minimum atomic E-state index is -0.340. The zero-order valence-electron chi connectivity index (χ0n) is 12.5. The lowest BCUT2D eigenvalue weighted by molar-refractivity contribution is 0.0941. The van der Waals surface area contributed by atoms with Crippen molar-refractivity contribution < 1.29 is 9.18 Å². The van der Waals surface area contributed by atoms with E-state index in [4.69, 9.17) is 0 Å². The highest BCUT2D eigenvalue weighted by atomic mass is 19.1. The quantitative estimate of drug-likeness (QED) is 0.888. The summed E-state index contributed by atoms with van der Waals surface area (Å²) in [6.45, 7) is 5.76. The molecule has 0 saturated heterocycles. The molecule has 0 unspecified atom stereocenters. The molecule has 6 heteroatoms. The molecule has 0 aliphatic heterocycles. The number of H-pyrrole nitrogens is 1. The Hall–Kier alpha value is -2.24. The fourth-order valence-corrected chi connectivity index (χ4v) is 2.14. The van der Waals surface area contributed by atoms with Gasteiger partial charge in [0, 0.05) is 13.0 Å². The predicted octanol–water partition coefficient (Wildman–Crippen LogP) is 2.44. The summed E-state index contributed by atoms with van der Waals surface area (Å²) in [5.74, 6) is 0.293. The van der Waals surface area contributed by atoms with Gasteiger partial charge >= 0.3 is 0 Å². The van der Waals surface area contributed by atoms with Crippen LogP contribution in [0.25, 0.3) is 0 Å². The third-order valence-electron chi connectivity index (χ3n) is 3.17. The minimum Gasteiger partial charge on any atom is -0.345 e. The number of aromatic amines is 1. The van der Waals surface area contributed by atoms with E-state index in [1.807, 2.05) is 6.92 Å². The van der Waals surface area contributed by atoms with E-state index in [1.165, 1.54) is 0 Å². The third kappa shape index (κ3) is 3.65. The fraction of sp³-hybridized carbons (Fsp3) is 0.400. The molecule has 0 aliphatic carbocycles. The zero-order valence-corrected chi connectivity index (χ0v) is 12.5. The number of halogens is 1. The van der Waals surface area contributed by atoms with Gasteiger partial charge in [-0.2, -0.15) is 0 Å². The smallest absolute Gasteiger partial charge is 0.291 e. The van der Waals surface area contributed by atoms with E-state index in [1.54, 1.807) is 26.0 Å². The topological polar surface area (TPSA) is 70.7 Å². The van der Waals surface area contributed by atoms with Gasteiger partial charge in [-0.25, -0.2) is 9.37 Å². The molecule has 2 aromatic rings. The first kappa shape index (κ1) is 15.2. The second-order valence-electron chi connectivity index (χ2n) is 5.08. The third-order valence-corrected chi connectivity index (χ3v) is 3.17. The number of nitrogens with zero attached hydrogens (tertiary/aromatic N) is 2. The van der Waals surface area contributed by atoms with E-state index in [2.05, 4.69) is 20.5 Å². The van der Waals surface area contributed by atoms with Crippen LogP contribution in [0, 0.1) is 19.7 Å². The normalized spacial score (nSPS) is 10.7. The van der Waals surface area contributed by atoms with E-state index < -0.39 is 0 Å². The van der Waals surface area contributed by atoms with Crippen LogP contribution in [-0.2, 0) is 13.0 Å². The molecule has 0 saturated carbocycles. The van der Waals surface area contributed by atoms with Crippen LogP contribution in [0.4, 0.5) is 4.39 Å². The molecule has 1 aromatic carbocycles. The standard InChI is InChI=1S/C15H19FN4O/c1-4-5-12-18-14(20-19-12)15(21)17-8-11-6-9(2)13(16)10(3)7-11/h6-7H,4-5,8H2,1-3H3,(H,17,21)(H,18,19,20). The molecule has 2 rings (SSSR count). The van der Waals surface area contributed by atoms with Crippen LogP contribution in [-0.4, -0.2) is 21.1 Å². The number of carbonyl (C=O) groups is 1. The van der Waals surface area contributed by atoms with Crippen LogP contribution in [0.2, 0.25) is 0 Å². The van der Waals surface area contributed by atoms with E-state index in [0.717, 1.165) is 18.4 Å². The molecule has 5 nitrogen and oxygen atoms in total. The van der Waals surface area contributed by atoms with Gasteiger partial charge in [0.15, 0.2) is 0 Å². The van der Waals surface area contributed by atoms with Gasteiger partial charge in [0.2, 0.25) is 5.82 Å². The van der Waals surface area contributed by atoms with Crippen molar-refractivity contribution in [1.82, 2.24) is 20.5 Å². The van der Waals surface area contributed by atoms with Crippen molar-refractivity contribution in [3.05, 3.63) is 46.3 Å². The van der Waals surface area contributed by atoms with Crippen LogP contribution < -0.4 is 5.32 Å². The number of hydrogen-bond donors (Lipinski definition) is 2. The second kappa shape index (κ2) is 6.47. The minimum absolute atomic E-state index is 0.133. The summed E-state index contributed by atoms with van der Waals surface area (Å²) in [5, 5.41) is 9.37. The van der Waals surface area contributed by atoms with Gasteiger partial charge in [0.25, 0.3) is 5.91 Å². The maximum absolute atomic E-state index is 13.5. The van der Waals surface area contributed by atoms with E-state index in [0.29, 0.717) is 23.5 Å². The monoisotopic (exact) mass is 290 g/mol. The molecule has 21 heavy (non-hydrogen) atoms. The lowest BCUT2D eigenvalue weighted by Gasteiger charge is -2.07. The van der Waals surface area contributed by atoms with Crippen LogP contribution >= 0.6 is 0 Å². The molecular weight excluding hydrogens is 271 g/mol. The predicted molar refractivity (Wildman–Crippen MR) is 77.4 cm³/mol. The summed E-state index contributed by atoms with van der Waals surface area (Å²) in [6.07, 6.45) is 1.70. The zero-order chi connectivity index (χ0) is 15.4.